The van der Waals surface area contributed by atoms with Crippen molar-refractivity contribution in [3.63, 3.8) is 0 Å². The number of para-hydroxylation sites is 2. The Morgan fingerprint density at radius 1 is 1.05 bits per heavy atom. The number of oxazole rings is 1. The number of alkyl halides is 3. The molecular weight excluding hydrogens is 527 g/mol. The van der Waals surface area contributed by atoms with E-state index in [1.165, 1.54) is 0 Å². The van der Waals surface area contributed by atoms with Gasteiger partial charge in [0.05, 0.1) is 19.2 Å². The van der Waals surface area contributed by atoms with Crippen molar-refractivity contribution in [2.75, 3.05) is 38.3 Å². The van der Waals surface area contributed by atoms with Crippen molar-refractivity contribution in [3.8, 4) is 5.75 Å². The lowest BCUT2D eigenvalue weighted by Crippen LogP contribution is -2.42. The predicted octanol–water partition coefficient (Wildman–Crippen LogP) is 4.68. The summed E-state index contributed by atoms with van der Waals surface area (Å²) in [5, 5.41) is 12.3. The van der Waals surface area contributed by atoms with Crippen molar-refractivity contribution in [1.82, 2.24) is 10.3 Å². The largest absolute Gasteiger partial charge is 0.492 e. The first kappa shape index (κ1) is 28.9. The Balaban J connectivity index is 1.33. The average molecular weight is 558 g/mol. The molecule has 1 heterocycles. The van der Waals surface area contributed by atoms with Gasteiger partial charge in [0.1, 0.15) is 30.6 Å². The molecule has 4 aromatic rings. The van der Waals surface area contributed by atoms with Crippen LogP contribution in [0.3, 0.4) is 0 Å². The molecule has 4 rings (SSSR count). The summed E-state index contributed by atoms with van der Waals surface area (Å²) < 4.78 is 55.1. The quantitative estimate of drug-likeness (QED) is 0.246. The smallest absolute Gasteiger partial charge is 0.411 e. The number of likely N-dealkylation sites (N-methyl/N-ethyl adjacent to an activating group) is 1. The number of nitrogens with one attached hydrogen (secondary N) is 1. The van der Waals surface area contributed by atoms with Gasteiger partial charge in [-0.05, 0) is 35.4 Å². The Morgan fingerprint density at radius 2 is 1.75 bits per heavy atom. The van der Waals surface area contributed by atoms with Crippen LogP contribution >= 0.6 is 0 Å². The van der Waals surface area contributed by atoms with Gasteiger partial charge in [0.25, 0.3) is 6.01 Å². The maximum Gasteiger partial charge on any atom is 0.411 e. The molecule has 0 bridgehead atoms. The number of rotatable bonds is 13. The van der Waals surface area contributed by atoms with Gasteiger partial charge in [-0.1, -0.05) is 54.6 Å². The highest BCUT2D eigenvalue weighted by molar-refractivity contribution is 5.81. The van der Waals surface area contributed by atoms with Crippen LogP contribution in [0.25, 0.3) is 11.1 Å². The van der Waals surface area contributed by atoms with Crippen LogP contribution in [0.1, 0.15) is 17.2 Å². The first-order chi connectivity index (χ1) is 19.2. The van der Waals surface area contributed by atoms with Gasteiger partial charge in [-0.2, -0.15) is 18.2 Å². The maximum absolute atomic E-state index is 12.9. The summed E-state index contributed by atoms with van der Waals surface area (Å²) >= 11 is 0. The molecular formula is C29H30F3N3O5. The summed E-state index contributed by atoms with van der Waals surface area (Å²) in [6.07, 6.45) is -6.12. The predicted molar refractivity (Wildman–Crippen MR) is 143 cm³/mol. The fraction of sp³-hybridized carbons (Fsp3) is 0.310. The first-order valence-electron chi connectivity index (χ1n) is 12.6. The van der Waals surface area contributed by atoms with Crippen molar-refractivity contribution in [2.24, 2.45) is 0 Å². The number of fused-ring (bicyclic) bond motifs is 1. The number of anilines is 1. The molecule has 0 saturated heterocycles. The number of aromatic nitrogens is 1. The van der Waals surface area contributed by atoms with Crippen LogP contribution in [0.2, 0.25) is 0 Å². The molecule has 11 heteroatoms. The Bertz CT molecular complexity index is 1330. The zero-order valence-electron chi connectivity index (χ0n) is 21.8. The van der Waals surface area contributed by atoms with E-state index < -0.39 is 37.4 Å². The maximum atomic E-state index is 12.9. The van der Waals surface area contributed by atoms with Crippen molar-refractivity contribution in [3.05, 3.63) is 90.0 Å². The van der Waals surface area contributed by atoms with E-state index in [1.807, 2.05) is 36.2 Å². The molecule has 2 N–H and O–H groups in total. The van der Waals surface area contributed by atoms with Crippen molar-refractivity contribution >= 4 is 23.0 Å². The number of hydrogen-bond acceptors (Lipinski definition) is 7. The standard InChI is InChI=1S/C29H30F3N3O5/c1-35(28-34-23-9-5-6-10-25(23)40-28)15-16-38-22-13-11-20(12-14-22)17-26(39-19-29(30,31)32)27(37)33-24(18-36)21-7-3-2-4-8-21/h2-14,24,26,36H,15-19H2,1H3,(H,33,37)/t24-,26-/m1/s1. The van der Waals surface area contributed by atoms with Crippen LogP contribution in [0.4, 0.5) is 19.2 Å². The van der Waals surface area contributed by atoms with Crippen LogP contribution in [-0.2, 0) is 16.0 Å². The lowest BCUT2D eigenvalue weighted by atomic mass is 10.0. The van der Waals surface area contributed by atoms with Crippen LogP contribution in [0, 0.1) is 0 Å². The molecule has 1 aromatic heterocycles. The molecule has 0 spiro atoms. The van der Waals surface area contributed by atoms with E-state index in [2.05, 4.69) is 10.3 Å². The zero-order chi connectivity index (χ0) is 28.5. The summed E-state index contributed by atoms with van der Waals surface area (Å²) in [4.78, 5) is 19.2. The molecule has 3 aromatic carbocycles. The number of halogens is 3. The SMILES string of the molecule is CN(CCOc1ccc(C[C@@H](OCC(F)(F)F)C(=O)N[C@H](CO)c2ccccc2)cc1)c1nc2ccccc2o1. The van der Waals surface area contributed by atoms with Crippen molar-refractivity contribution in [2.45, 2.75) is 24.7 Å². The highest BCUT2D eigenvalue weighted by Crippen LogP contribution is 2.22. The summed E-state index contributed by atoms with van der Waals surface area (Å²) in [5.41, 5.74) is 2.66. The van der Waals surface area contributed by atoms with Gasteiger partial charge in [-0.3, -0.25) is 4.79 Å². The third kappa shape index (κ3) is 8.20. The van der Waals surface area contributed by atoms with Crippen molar-refractivity contribution < 1.29 is 37.0 Å². The van der Waals surface area contributed by atoms with E-state index in [9.17, 15) is 23.1 Å². The summed E-state index contributed by atoms with van der Waals surface area (Å²) in [6, 6.07) is 22.5. The van der Waals surface area contributed by atoms with Gasteiger partial charge in [-0.15, -0.1) is 0 Å². The minimum absolute atomic E-state index is 0.102. The average Bonchev–Trinajstić information content (AvgIpc) is 3.39. The van der Waals surface area contributed by atoms with E-state index in [1.54, 1.807) is 54.6 Å². The number of carbonyl (C=O) groups is 1. The molecule has 8 nitrogen and oxygen atoms in total. The Labute approximate surface area is 229 Å². The van der Waals surface area contributed by atoms with Gasteiger partial charge in [0.15, 0.2) is 5.58 Å². The fourth-order valence-electron chi connectivity index (χ4n) is 3.96. The van der Waals surface area contributed by atoms with Crippen LogP contribution in [-0.4, -0.2) is 61.7 Å². The summed E-state index contributed by atoms with van der Waals surface area (Å²) in [6.45, 7) is -1.17. The molecule has 2 atom stereocenters. The number of nitrogens with zero attached hydrogens (tertiary/aromatic N) is 2. The van der Waals surface area contributed by atoms with Gasteiger partial charge < -0.3 is 29.2 Å². The molecule has 0 unspecified atom stereocenters. The number of aliphatic hydroxyl groups is 1. The number of hydrogen-bond donors (Lipinski definition) is 2. The molecule has 0 aliphatic heterocycles. The topological polar surface area (TPSA) is 97.1 Å². The van der Waals surface area contributed by atoms with E-state index in [-0.39, 0.29) is 6.42 Å². The summed E-state index contributed by atoms with van der Waals surface area (Å²) in [5.74, 6) is -0.203. The third-order valence-electron chi connectivity index (χ3n) is 6.09. The van der Waals surface area contributed by atoms with E-state index >= 15 is 0 Å². The van der Waals surface area contributed by atoms with Crippen molar-refractivity contribution in [1.29, 1.82) is 0 Å². The number of ether oxygens (including phenoxy) is 2. The molecule has 0 aliphatic carbocycles. The molecule has 0 fully saturated rings. The normalized spacial score (nSPS) is 13.1. The second kappa shape index (κ2) is 13.3. The molecule has 1 amide bonds. The van der Waals surface area contributed by atoms with Crippen LogP contribution in [0.15, 0.2) is 83.3 Å². The molecule has 0 aliphatic rings. The Kier molecular flexibility index (Phi) is 9.62. The third-order valence-corrected chi connectivity index (χ3v) is 6.09. The highest BCUT2D eigenvalue weighted by atomic mass is 19.4. The Hall–Kier alpha value is -4.09. The van der Waals surface area contributed by atoms with Crippen LogP contribution in [0.5, 0.6) is 5.75 Å². The second-order valence-electron chi connectivity index (χ2n) is 9.15. The lowest BCUT2D eigenvalue weighted by molar-refractivity contribution is -0.187. The second-order valence-corrected chi connectivity index (χ2v) is 9.15. The number of benzene rings is 3. The molecule has 0 saturated carbocycles. The van der Waals surface area contributed by atoms with E-state index in [4.69, 9.17) is 13.9 Å². The molecule has 40 heavy (non-hydrogen) atoms. The molecule has 0 radical (unpaired) electrons. The van der Waals surface area contributed by atoms with E-state index in [0.717, 1.165) is 5.52 Å². The van der Waals surface area contributed by atoms with Gasteiger partial charge >= 0.3 is 6.18 Å². The monoisotopic (exact) mass is 557 g/mol. The van der Waals surface area contributed by atoms with Gasteiger partial charge in [0, 0.05) is 13.5 Å². The van der Waals surface area contributed by atoms with Crippen LogP contribution < -0.4 is 15.0 Å². The van der Waals surface area contributed by atoms with E-state index in [0.29, 0.717) is 41.6 Å². The van der Waals surface area contributed by atoms with Gasteiger partial charge in [-0.25, -0.2) is 0 Å². The first-order valence-corrected chi connectivity index (χ1v) is 12.6. The number of amides is 1. The number of carbonyl (C=O) groups excluding carboxylic acids is 1. The molecule has 212 valence electrons. The van der Waals surface area contributed by atoms with Gasteiger partial charge in [0.2, 0.25) is 5.91 Å². The lowest BCUT2D eigenvalue weighted by Gasteiger charge is -2.23. The summed E-state index contributed by atoms with van der Waals surface area (Å²) in [7, 11) is 1.84. The zero-order valence-corrected chi connectivity index (χ0v) is 21.8. The fourth-order valence-corrected chi connectivity index (χ4v) is 3.96. The minimum atomic E-state index is -4.60. The Morgan fingerprint density at radius 3 is 2.42 bits per heavy atom. The highest BCUT2D eigenvalue weighted by Gasteiger charge is 2.32. The minimum Gasteiger partial charge on any atom is -0.492 e. The number of aliphatic hydroxyl groups excluding tert-OH is 1.